The summed E-state index contributed by atoms with van der Waals surface area (Å²) < 4.78 is 61.9. The van der Waals surface area contributed by atoms with Crippen LogP contribution >= 0.6 is 59.4 Å². The first-order chi connectivity index (χ1) is 60.6. The molecule has 4 atom stereocenters. The van der Waals surface area contributed by atoms with Crippen LogP contribution in [0, 0.1) is 0 Å². The maximum absolute atomic E-state index is 12.4. The summed E-state index contributed by atoms with van der Waals surface area (Å²) in [6.07, 6.45) is 26.7. The zero-order valence-electron chi connectivity index (χ0n) is 72.2. The van der Waals surface area contributed by atoms with E-state index in [1.807, 2.05) is 122 Å². The SMILES string of the molecule is CC(C)(C)OC(=O)N1CCO[C@H](Cn2nnc3ncc(Br)nc32)C1.Clc1ncc(Br)cn1.Cn1cc(-c2cnc3nnn(C[C@@H]4CN(C(=O)OC(C)(C)C)CCO4)c3n2)cn1.Cn1cc(-c2cnc3nnn(C[C@@H]4CN(c5ncc(Br)cn5)CCO4)c3n2)cn1.Cn1cc(-c2cnc3nnn(C[C@@H]4CNCCO4)c3n2)cn1.Cn1cc(B2OC(C)(C)C(C)(C)O2)cn1. The molecule has 0 spiro atoms. The first kappa shape index (κ1) is 92.0. The van der Waals surface area contributed by atoms with Gasteiger partial charge in [-0.2, -0.15) is 20.4 Å². The Morgan fingerprint density at radius 1 is 0.465 bits per heavy atom. The average Bonchev–Trinajstić information content (AvgIpc) is 1.63. The number of aromatic nitrogens is 32. The van der Waals surface area contributed by atoms with E-state index in [0.29, 0.717) is 147 Å². The van der Waals surface area contributed by atoms with E-state index in [1.54, 1.807) is 122 Å². The van der Waals surface area contributed by atoms with E-state index in [9.17, 15) is 9.59 Å². The summed E-state index contributed by atoms with van der Waals surface area (Å²) >= 11 is 15.2. The maximum Gasteiger partial charge on any atom is 0.498 e. The van der Waals surface area contributed by atoms with Gasteiger partial charge in [-0.3, -0.25) is 18.7 Å². The molecule has 14 aromatic rings. The van der Waals surface area contributed by atoms with Crippen molar-refractivity contribution in [2.24, 2.45) is 28.2 Å². The van der Waals surface area contributed by atoms with Crippen LogP contribution in [0.4, 0.5) is 15.5 Å². The number of aryl methyl sites for hydroxylation is 4. The predicted octanol–water partition coefficient (Wildman–Crippen LogP) is 6.18. The van der Waals surface area contributed by atoms with Gasteiger partial charge in [-0.25, -0.2) is 88.1 Å². The molecule has 46 nitrogen and oxygen atoms in total. The van der Waals surface area contributed by atoms with Crippen LogP contribution in [-0.4, -0.2) is 314 Å². The second kappa shape index (κ2) is 40.4. The van der Waals surface area contributed by atoms with Gasteiger partial charge in [0, 0.05) is 145 Å². The lowest BCUT2D eigenvalue weighted by Crippen LogP contribution is -2.48. The molecule has 0 aromatic carbocycles. The number of ether oxygens (including phenoxy) is 6. The fourth-order valence-electron chi connectivity index (χ4n) is 13.0. The number of carbonyl (C=O) groups is 2. The quantitative estimate of drug-likeness (QED) is 0.0994. The van der Waals surface area contributed by atoms with Gasteiger partial charge in [-0.1, -0.05) is 20.9 Å². The second-order valence-electron chi connectivity index (χ2n) is 32.7. The van der Waals surface area contributed by atoms with Crippen molar-refractivity contribution in [1.82, 2.24) is 174 Å². The molecule has 5 aliphatic rings. The maximum atomic E-state index is 12.4. The molecule has 0 aliphatic carbocycles. The van der Waals surface area contributed by atoms with Gasteiger partial charge in [0.2, 0.25) is 33.8 Å². The van der Waals surface area contributed by atoms with Crippen molar-refractivity contribution in [3.05, 3.63) is 118 Å². The van der Waals surface area contributed by atoms with Crippen LogP contribution in [0.25, 0.3) is 78.9 Å². The number of morpholine rings is 4. The molecule has 5 aliphatic heterocycles. The molecular formula is C76H95BBr3ClN36O10. The molecule has 5 fully saturated rings. The third-order valence-electron chi connectivity index (χ3n) is 19.8. The van der Waals surface area contributed by atoms with Crippen LogP contribution in [0.2, 0.25) is 5.28 Å². The number of amides is 2. The number of halogens is 4. The topological polar surface area (TPSA) is 479 Å². The van der Waals surface area contributed by atoms with Crippen molar-refractivity contribution in [3.8, 4) is 33.8 Å². The zero-order chi connectivity index (χ0) is 89.9. The van der Waals surface area contributed by atoms with Gasteiger partial charge in [0.25, 0.3) is 0 Å². The van der Waals surface area contributed by atoms with E-state index in [1.165, 1.54) is 0 Å². The van der Waals surface area contributed by atoms with Crippen LogP contribution in [0.5, 0.6) is 0 Å². The molecule has 0 unspecified atom stereocenters. The molecule has 2 amide bonds. The monoisotopic (exact) mass is 1950 g/mol. The van der Waals surface area contributed by atoms with Crippen LogP contribution in [0.15, 0.2) is 113 Å². The first-order valence-corrected chi connectivity index (χ1v) is 43.1. The van der Waals surface area contributed by atoms with Gasteiger partial charge in [0.1, 0.15) is 15.8 Å². The highest BCUT2D eigenvalue weighted by Gasteiger charge is 2.52. The standard InChI is InChI=1S/C18H24N8O3.C17H17BrN10O.C14H19BrN6O3.C13H16N8O.C10H17BN2O2.C4H2BrClN2/c1-18(2,3)29-17(27)25-5-6-28-13(10-25)11-26-16-15(22-23-26)19-8-14(21-16)12-7-20-24(4)9-12;1-26-8-11(4-22-26)14-7-19-15-16(23-14)28(25-24-15)10-13-9-27(2-3-29-13)17-20-5-12(18)6-21-17;1-14(2,3)24-13(22)20-4-5-23-9(7-20)8-21-12-11(18-19-21)16-6-10(15)17-12;1-20-7-9(4-16-20)11-6-15-12-13(17-11)21(19-18-12)8-10-5-14-2-3-22-10;1-9(2)10(3,4)15-11(14-9)8-6-12-13(5)7-8;5-3-1-7-4(6)8-2-3/h7-9,13H,5-6,10-11H2,1-4H3;4-8,13H,2-3,9-10H2,1H3;6,9H,4-5,7-8H2,1-3H3;4,6-7,10,14H,2-3,5,8H2,1H3;6-7H,1-5H3;1-2H/t2*13-;9-;10-;;/m0000../s1. The minimum atomic E-state index is -0.536. The molecule has 0 radical (unpaired) electrons. The third kappa shape index (κ3) is 24.6. The van der Waals surface area contributed by atoms with E-state index in [2.05, 4.69) is 174 Å². The summed E-state index contributed by atoms with van der Waals surface area (Å²) in [6.45, 7) is 28.3. The lowest BCUT2D eigenvalue weighted by atomic mass is 9.82. The summed E-state index contributed by atoms with van der Waals surface area (Å²) in [4.78, 5) is 81.6. The van der Waals surface area contributed by atoms with E-state index in [4.69, 9.17) is 54.3 Å². The van der Waals surface area contributed by atoms with E-state index >= 15 is 0 Å². The fraction of sp³-hybridized carbons (Fsp3) is 0.500. The molecule has 5 saturated heterocycles. The lowest BCUT2D eigenvalue weighted by Gasteiger charge is -2.34. The number of carbonyl (C=O) groups excluding carboxylic acids is 2. The fourth-order valence-corrected chi connectivity index (χ4v) is 13.8. The minimum absolute atomic E-state index is 0.0718. The van der Waals surface area contributed by atoms with Gasteiger partial charge in [-0.05, 0) is 129 Å². The Bertz CT molecular complexity index is 5990. The molecule has 19 heterocycles. The molecule has 670 valence electrons. The highest BCUT2D eigenvalue weighted by atomic mass is 79.9. The van der Waals surface area contributed by atoms with Crippen LogP contribution in [0.1, 0.15) is 69.2 Å². The second-order valence-corrected chi connectivity index (χ2v) is 35.7. The first-order valence-electron chi connectivity index (χ1n) is 40.4. The summed E-state index contributed by atoms with van der Waals surface area (Å²) in [5, 5.41) is 53.1. The Labute approximate surface area is 757 Å². The Morgan fingerprint density at radius 2 is 0.835 bits per heavy atom. The molecule has 127 heavy (non-hydrogen) atoms. The number of nitrogens with zero attached hydrogens (tertiary/aromatic N) is 35. The number of rotatable bonds is 13. The van der Waals surface area contributed by atoms with Crippen molar-refractivity contribution >= 4 is 135 Å². The summed E-state index contributed by atoms with van der Waals surface area (Å²) in [5.41, 5.74) is 8.56. The highest BCUT2D eigenvalue weighted by Crippen LogP contribution is 2.37. The van der Waals surface area contributed by atoms with Crippen LogP contribution in [0.3, 0.4) is 0 Å². The summed E-state index contributed by atoms with van der Waals surface area (Å²) in [5.74, 6) is 0.684. The molecule has 51 heteroatoms. The molecule has 14 aromatic heterocycles. The van der Waals surface area contributed by atoms with Crippen LogP contribution in [-0.2, 0) is 92.1 Å². The number of anilines is 1. The van der Waals surface area contributed by atoms with Crippen molar-refractivity contribution in [2.45, 2.75) is 142 Å². The lowest BCUT2D eigenvalue weighted by molar-refractivity contribution is -0.0482. The molecule has 19 rings (SSSR count). The van der Waals surface area contributed by atoms with E-state index < -0.39 is 11.2 Å². The van der Waals surface area contributed by atoms with Crippen molar-refractivity contribution in [1.29, 1.82) is 0 Å². The highest BCUT2D eigenvalue weighted by molar-refractivity contribution is 9.11. The van der Waals surface area contributed by atoms with Crippen molar-refractivity contribution in [2.75, 3.05) is 83.7 Å². The average molecular weight is 1960 g/mol. The number of hydrogen-bond donors (Lipinski definition) is 1. The van der Waals surface area contributed by atoms with Gasteiger partial charge in [0.05, 0.1) is 171 Å². The zero-order valence-corrected chi connectivity index (χ0v) is 77.7. The Morgan fingerprint density at radius 3 is 1.21 bits per heavy atom. The molecule has 1 N–H and O–H groups in total. The largest absolute Gasteiger partial charge is 0.498 e. The van der Waals surface area contributed by atoms with E-state index in [-0.39, 0.29) is 60.2 Å². The summed E-state index contributed by atoms with van der Waals surface area (Å²) in [7, 11) is 7.16. The van der Waals surface area contributed by atoms with Gasteiger partial charge >= 0.3 is 19.3 Å². The minimum Gasteiger partial charge on any atom is -0.444 e. The smallest absolute Gasteiger partial charge is 0.444 e. The number of fused-ring (bicyclic) bond motifs is 4. The van der Waals surface area contributed by atoms with Gasteiger partial charge in [-0.15, -0.1) is 20.4 Å². The van der Waals surface area contributed by atoms with Crippen molar-refractivity contribution in [3.63, 3.8) is 0 Å². The Kier molecular flexibility index (Phi) is 29.3. The molecule has 0 saturated carbocycles. The normalized spacial score (nSPS) is 18.1. The Balaban J connectivity index is 0.000000127. The van der Waals surface area contributed by atoms with E-state index in [0.717, 1.165) is 62.1 Å². The molecule has 0 bridgehead atoms. The third-order valence-corrected chi connectivity index (χ3v) is 21.2. The number of nitrogens with one attached hydrogen (secondary N) is 1. The Hall–Kier alpha value is -11.2. The van der Waals surface area contributed by atoms with Gasteiger partial charge < -0.3 is 57.7 Å². The van der Waals surface area contributed by atoms with Crippen molar-refractivity contribution < 1.29 is 47.3 Å². The predicted molar refractivity (Wildman–Crippen MR) is 470 cm³/mol. The summed E-state index contributed by atoms with van der Waals surface area (Å²) in [6, 6.07) is 0. The van der Waals surface area contributed by atoms with Crippen LogP contribution < -0.4 is 15.7 Å². The van der Waals surface area contributed by atoms with Gasteiger partial charge in [0.15, 0.2) is 22.6 Å². The number of hydrogen-bond acceptors (Lipinski definition) is 36. The molecular weight excluding hydrogens is 1860 g/mol.